The lowest BCUT2D eigenvalue weighted by atomic mass is 10.1. The molecule has 0 unspecified atom stereocenters. The summed E-state index contributed by atoms with van der Waals surface area (Å²) in [4.78, 5) is 0. The number of phenols is 1. The van der Waals surface area contributed by atoms with Gasteiger partial charge in [0.15, 0.2) is 0 Å². The molecule has 15 heavy (non-hydrogen) atoms. The first-order valence-corrected chi connectivity index (χ1v) is 4.97. The van der Waals surface area contributed by atoms with E-state index in [0.29, 0.717) is 5.75 Å². The van der Waals surface area contributed by atoms with Crippen LogP contribution in [0.15, 0.2) is 36.7 Å². The average Bonchev–Trinajstić information content (AvgIpc) is 2.74. The number of hydrogen-bond donors (Lipinski definition) is 1. The largest absolute Gasteiger partial charge is 0.508 e. The second-order valence-corrected chi connectivity index (χ2v) is 3.40. The molecule has 0 radical (unpaired) electrons. The van der Waals surface area contributed by atoms with Crippen LogP contribution in [0.1, 0.15) is 12.0 Å². The summed E-state index contributed by atoms with van der Waals surface area (Å²) in [5.41, 5.74) is 0.984. The van der Waals surface area contributed by atoms with Gasteiger partial charge in [0.1, 0.15) is 5.75 Å². The SMILES string of the molecule is Oc1ccccc1CCCn1ccnn1. The molecule has 2 rings (SSSR count). The molecule has 1 aromatic heterocycles. The zero-order valence-corrected chi connectivity index (χ0v) is 8.37. The summed E-state index contributed by atoms with van der Waals surface area (Å²) < 4.78 is 1.79. The first-order chi connectivity index (χ1) is 7.36. The fraction of sp³-hybridized carbons (Fsp3) is 0.273. The van der Waals surface area contributed by atoms with Gasteiger partial charge in [-0.1, -0.05) is 23.4 Å². The number of rotatable bonds is 4. The number of aryl methyl sites for hydroxylation is 2. The molecular weight excluding hydrogens is 190 g/mol. The summed E-state index contributed by atoms with van der Waals surface area (Å²) in [6.07, 6.45) is 5.30. The van der Waals surface area contributed by atoms with Crippen LogP contribution >= 0.6 is 0 Å². The van der Waals surface area contributed by atoms with Crippen molar-refractivity contribution in [2.75, 3.05) is 0 Å². The molecule has 1 aromatic carbocycles. The van der Waals surface area contributed by atoms with Crippen LogP contribution in [0.3, 0.4) is 0 Å². The molecule has 0 bridgehead atoms. The highest BCUT2D eigenvalue weighted by atomic mass is 16.3. The van der Waals surface area contributed by atoms with Crippen molar-refractivity contribution < 1.29 is 5.11 Å². The summed E-state index contributed by atoms with van der Waals surface area (Å²) in [5, 5.41) is 17.1. The summed E-state index contributed by atoms with van der Waals surface area (Å²) in [6.45, 7) is 0.828. The van der Waals surface area contributed by atoms with Crippen LogP contribution in [0.2, 0.25) is 0 Å². The van der Waals surface area contributed by atoms with Crippen LogP contribution in [0, 0.1) is 0 Å². The van der Waals surface area contributed by atoms with Gasteiger partial charge in [-0.05, 0) is 24.5 Å². The van der Waals surface area contributed by atoms with Gasteiger partial charge >= 0.3 is 0 Å². The first-order valence-electron chi connectivity index (χ1n) is 4.97. The Hall–Kier alpha value is -1.84. The van der Waals surface area contributed by atoms with Crippen LogP contribution in [0.5, 0.6) is 5.75 Å². The summed E-state index contributed by atoms with van der Waals surface area (Å²) in [7, 11) is 0. The molecule has 4 nitrogen and oxygen atoms in total. The lowest BCUT2D eigenvalue weighted by Crippen LogP contribution is -2.00. The fourth-order valence-electron chi connectivity index (χ4n) is 1.51. The van der Waals surface area contributed by atoms with Crippen molar-refractivity contribution in [2.24, 2.45) is 0 Å². The Kier molecular flexibility index (Phi) is 2.97. The van der Waals surface area contributed by atoms with E-state index in [4.69, 9.17) is 0 Å². The molecule has 0 saturated heterocycles. The van der Waals surface area contributed by atoms with E-state index < -0.39 is 0 Å². The molecule has 1 N–H and O–H groups in total. The van der Waals surface area contributed by atoms with E-state index in [2.05, 4.69) is 10.3 Å². The van der Waals surface area contributed by atoms with E-state index in [1.54, 1.807) is 16.9 Å². The van der Waals surface area contributed by atoms with Gasteiger partial charge in [-0.25, -0.2) is 0 Å². The summed E-state index contributed by atoms with van der Waals surface area (Å²) in [5.74, 6) is 0.371. The van der Waals surface area contributed by atoms with Gasteiger partial charge in [-0.15, -0.1) is 5.10 Å². The van der Waals surface area contributed by atoms with Gasteiger partial charge in [-0.2, -0.15) is 0 Å². The molecule has 4 heteroatoms. The minimum Gasteiger partial charge on any atom is -0.508 e. The number of phenolic OH excluding ortho intramolecular Hbond substituents is 1. The van der Waals surface area contributed by atoms with Gasteiger partial charge in [0, 0.05) is 12.7 Å². The molecule has 0 fully saturated rings. The molecule has 0 aliphatic rings. The highest BCUT2D eigenvalue weighted by molar-refractivity contribution is 5.31. The highest BCUT2D eigenvalue weighted by Crippen LogP contribution is 2.17. The zero-order valence-electron chi connectivity index (χ0n) is 8.37. The van der Waals surface area contributed by atoms with Crippen molar-refractivity contribution in [3.8, 4) is 5.75 Å². The number of benzene rings is 1. The first kappa shape index (κ1) is 9.71. The maximum Gasteiger partial charge on any atom is 0.118 e. The molecule has 78 valence electrons. The van der Waals surface area contributed by atoms with Gasteiger partial charge < -0.3 is 5.11 Å². The number of aromatic hydroxyl groups is 1. The number of nitrogens with zero attached hydrogens (tertiary/aromatic N) is 3. The van der Waals surface area contributed by atoms with Gasteiger partial charge in [0.2, 0.25) is 0 Å². The smallest absolute Gasteiger partial charge is 0.118 e. The van der Waals surface area contributed by atoms with Crippen LogP contribution in [0.4, 0.5) is 0 Å². The molecular formula is C11H13N3O. The van der Waals surface area contributed by atoms with E-state index in [-0.39, 0.29) is 0 Å². The van der Waals surface area contributed by atoms with Gasteiger partial charge in [-0.3, -0.25) is 4.68 Å². The minimum absolute atomic E-state index is 0.371. The Morgan fingerprint density at radius 3 is 2.87 bits per heavy atom. The van der Waals surface area contributed by atoms with Crippen molar-refractivity contribution in [1.82, 2.24) is 15.0 Å². The van der Waals surface area contributed by atoms with E-state index in [9.17, 15) is 5.11 Å². The van der Waals surface area contributed by atoms with Crippen molar-refractivity contribution in [3.63, 3.8) is 0 Å². The number of hydrogen-bond acceptors (Lipinski definition) is 3. The Bertz CT molecular complexity index is 412. The standard InChI is InChI=1S/C11H13N3O/c15-11-6-2-1-4-10(11)5-3-8-14-9-7-12-13-14/h1-2,4,6-7,9,15H,3,5,8H2. The predicted molar refractivity (Wildman–Crippen MR) is 56.4 cm³/mol. The van der Waals surface area contributed by atoms with Crippen molar-refractivity contribution in [3.05, 3.63) is 42.2 Å². The highest BCUT2D eigenvalue weighted by Gasteiger charge is 1.99. The van der Waals surface area contributed by atoms with Crippen molar-refractivity contribution in [1.29, 1.82) is 0 Å². The molecule has 0 amide bonds. The molecule has 1 heterocycles. The normalized spacial score (nSPS) is 10.4. The van der Waals surface area contributed by atoms with E-state index in [1.165, 1.54) is 0 Å². The van der Waals surface area contributed by atoms with Crippen molar-refractivity contribution >= 4 is 0 Å². The lowest BCUT2D eigenvalue weighted by Gasteiger charge is -2.03. The molecule has 0 saturated carbocycles. The van der Waals surface area contributed by atoms with Crippen LogP contribution in [-0.4, -0.2) is 20.1 Å². The summed E-state index contributed by atoms with van der Waals surface area (Å²) >= 11 is 0. The molecule has 2 aromatic rings. The van der Waals surface area contributed by atoms with Crippen LogP contribution < -0.4 is 0 Å². The molecule has 0 aliphatic carbocycles. The third-order valence-corrected chi connectivity index (χ3v) is 2.30. The van der Waals surface area contributed by atoms with Crippen LogP contribution in [0.25, 0.3) is 0 Å². The molecule has 0 spiro atoms. The monoisotopic (exact) mass is 203 g/mol. The van der Waals surface area contributed by atoms with E-state index in [1.807, 2.05) is 24.4 Å². The molecule has 0 atom stereocenters. The summed E-state index contributed by atoms with van der Waals surface area (Å²) in [6, 6.07) is 7.42. The minimum atomic E-state index is 0.371. The number of aromatic nitrogens is 3. The average molecular weight is 203 g/mol. The molecule has 0 aliphatic heterocycles. The maximum absolute atomic E-state index is 9.53. The maximum atomic E-state index is 9.53. The second kappa shape index (κ2) is 4.59. The topological polar surface area (TPSA) is 50.9 Å². The van der Waals surface area contributed by atoms with Gasteiger partial charge in [0.25, 0.3) is 0 Å². The lowest BCUT2D eigenvalue weighted by molar-refractivity contribution is 0.464. The van der Waals surface area contributed by atoms with Crippen LogP contribution in [-0.2, 0) is 13.0 Å². The van der Waals surface area contributed by atoms with E-state index in [0.717, 1.165) is 24.9 Å². The number of para-hydroxylation sites is 1. The quantitative estimate of drug-likeness (QED) is 0.821. The Balaban J connectivity index is 1.86. The third kappa shape index (κ3) is 2.56. The van der Waals surface area contributed by atoms with Gasteiger partial charge in [0.05, 0.1) is 6.20 Å². The third-order valence-electron chi connectivity index (χ3n) is 2.30. The second-order valence-electron chi connectivity index (χ2n) is 3.40. The Labute approximate surface area is 88.2 Å². The Morgan fingerprint density at radius 2 is 2.13 bits per heavy atom. The van der Waals surface area contributed by atoms with E-state index >= 15 is 0 Å². The Morgan fingerprint density at radius 1 is 1.27 bits per heavy atom. The predicted octanol–water partition coefficient (Wildman–Crippen LogP) is 1.62. The zero-order chi connectivity index (χ0) is 10.5. The fourth-order valence-corrected chi connectivity index (χ4v) is 1.51. The van der Waals surface area contributed by atoms with Crippen molar-refractivity contribution in [2.45, 2.75) is 19.4 Å².